The van der Waals surface area contributed by atoms with Gasteiger partial charge in [0.2, 0.25) is 0 Å². The van der Waals surface area contributed by atoms with Gasteiger partial charge in [-0.05, 0) is 18.1 Å². The first kappa shape index (κ1) is 12.1. The van der Waals surface area contributed by atoms with Crippen molar-refractivity contribution >= 4 is 22.8 Å². The molecular formula is C14H16N3O2-. The van der Waals surface area contributed by atoms with Crippen molar-refractivity contribution in [2.24, 2.45) is 5.92 Å². The van der Waals surface area contributed by atoms with Crippen molar-refractivity contribution in [3.63, 3.8) is 0 Å². The molecule has 5 heteroatoms. The number of fused-ring (bicyclic) bond motifs is 3. The van der Waals surface area contributed by atoms with Crippen LogP contribution in [0.3, 0.4) is 0 Å². The minimum absolute atomic E-state index is 0.176. The Morgan fingerprint density at radius 1 is 1.47 bits per heavy atom. The van der Waals surface area contributed by atoms with Crippen LogP contribution in [-0.2, 0) is 6.54 Å². The third kappa shape index (κ3) is 2.07. The molecular weight excluding hydrogens is 242 g/mol. The van der Waals surface area contributed by atoms with Gasteiger partial charge in [0.15, 0.2) is 0 Å². The van der Waals surface area contributed by atoms with E-state index in [2.05, 4.69) is 22.9 Å². The van der Waals surface area contributed by atoms with Crippen molar-refractivity contribution in [1.29, 1.82) is 0 Å². The summed E-state index contributed by atoms with van der Waals surface area (Å²) in [5, 5.41) is 23.7. The SMILES string of the molecule is CC1CNc2c(C=CN([O-])O)c3ccccc3n2C1. The van der Waals surface area contributed by atoms with E-state index in [0.717, 1.165) is 41.6 Å². The zero-order chi connectivity index (χ0) is 13.4. The highest BCUT2D eigenvalue weighted by Crippen LogP contribution is 2.34. The number of para-hydroxylation sites is 1. The number of rotatable bonds is 2. The van der Waals surface area contributed by atoms with Crippen LogP contribution < -0.4 is 5.32 Å². The fraction of sp³-hybridized carbons (Fsp3) is 0.286. The van der Waals surface area contributed by atoms with Crippen LogP contribution in [-0.4, -0.2) is 21.5 Å². The van der Waals surface area contributed by atoms with Crippen LogP contribution >= 0.6 is 0 Å². The summed E-state index contributed by atoms with van der Waals surface area (Å²) in [6.45, 7) is 4.07. The number of hydrogen-bond acceptors (Lipinski definition) is 4. The predicted octanol–water partition coefficient (Wildman–Crippen LogP) is 2.86. The van der Waals surface area contributed by atoms with E-state index < -0.39 is 0 Å². The Labute approximate surface area is 111 Å². The van der Waals surface area contributed by atoms with Crippen molar-refractivity contribution in [2.45, 2.75) is 13.5 Å². The van der Waals surface area contributed by atoms with Gasteiger partial charge in [-0.1, -0.05) is 25.1 Å². The largest absolute Gasteiger partial charge is 0.734 e. The second-order valence-corrected chi connectivity index (χ2v) is 4.99. The highest BCUT2D eigenvalue weighted by atomic mass is 16.8. The van der Waals surface area contributed by atoms with Crippen LogP contribution in [0.4, 0.5) is 5.82 Å². The number of aromatic nitrogens is 1. The van der Waals surface area contributed by atoms with E-state index in [1.807, 2.05) is 18.2 Å². The highest BCUT2D eigenvalue weighted by Gasteiger charge is 2.20. The fourth-order valence-electron chi connectivity index (χ4n) is 2.66. The summed E-state index contributed by atoms with van der Waals surface area (Å²) in [6.07, 6.45) is 2.76. The van der Waals surface area contributed by atoms with Crippen molar-refractivity contribution in [1.82, 2.24) is 9.79 Å². The van der Waals surface area contributed by atoms with Crippen molar-refractivity contribution in [3.05, 3.63) is 41.2 Å². The van der Waals surface area contributed by atoms with E-state index in [1.54, 1.807) is 6.08 Å². The zero-order valence-corrected chi connectivity index (χ0v) is 10.7. The monoisotopic (exact) mass is 258 g/mol. The Morgan fingerprint density at radius 2 is 2.26 bits per heavy atom. The summed E-state index contributed by atoms with van der Waals surface area (Å²) < 4.78 is 2.23. The van der Waals surface area contributed by atoms with Gasteiger partial charge in [0.25, 0.3) is 0 Å². The molecule has 100 valence electrons. The second kappa shape index (κ2) is 4.60. The van der Waals surface area contributed by atoms with E-state index in [4.69, 9.17) is 5.21 Å². The average molecular weight is 258 g/mol. The van der Waals surface area contributed by atoms with Gasteiger partial charge in [-0.25, -0.2) is 0 Å². The van der Waals surface area contributed by atoms with Gasteiger partial charge in [-0.2, -0.15) is 0 Å². The van der Waals surface area contributed by atoms with Crippen LogP contribution in [0.15, 0.2) is 30.5 Å². The molecule has 0 saturated carbocycles. The van der Waals surface area contributed by atoms with Crippen LogP contribution in [0.1, 0.15) is 12.5 Å². The molecule has 1 aliphatic rings. The van der Waals surface area contributed by atoms with E-state index in [1.165, 1.54) is 0 Å². The second-order valence-electron chi connectivity index (χ2n) is 4.99. The lowest BCUT2D eigenvalue weighted by atomic mass is 10.1. The van der Waals surface area contributed by atoms with Crippen LogP contribution in [0.5, 0.6) is 0 Å². The Morgan fingerprint density at radius 3 is 3.05 bits per heavy atom. The molecule has 2 N–H and O–H groups in total. The lowest BCUT2D eigenvalue weighted by Crippen LogP contribution is -2.25. The average Bonchev–Trinajstić information content (AvgIpc) is 2.70. The third-order valence-electron chi connectivity index (χ3n) is 3.49. The van der Waals surface area contributed by atoms with Crippen LogP contribution in [0, 0.1) is 11.1 Å². The van der Waals surface area contributed by atoms with Gasteiger partial charge in [-0.15, -0.1) is 0 Å². The molecule has 1 aromatic carbocycles. The Balaban J connectivity index is 2.20. The Kier molecular flexibility index (Phi) is 2.93. The normalized spacial score (nSPS) is 18.6. The van der Waals surface area contributed by atoms with Crippen molar-refractivity contribution < 1.29 is 5.21 Å². The Hall–Kier alpha value is -1.98. The number of hydrogen-bond donors (Lipinski definition) is 2. The van der Waals surface area contributed by atoms with Gasteiger partial charge >= 0.3 is 0 Å². The molecule has 1 aromatic heterocycles. The first-order valence-corrected chi connectivity index (χ1v) is 6.35. The molecule has 19 heavy (non-hydrogen) atoms. The van der Waals surface area contributed by atoms with E-state index in [0.29, 0.717) is 5.92 Å². The molecule has 0 saturated heterocycles. The molecule has 2 aromatic rings. The number of benzene rings is 1. The molecule has 5 nitrogen and oxygen atoms in total. The third-order valence-corrected chi connectivity index (χ3v) is 3.49. The van der Waals surface area contributed by atoms with Crippen molar-refractivity contribution in [2.75, 3.05) is 11.9 Å². The van der Waals surface area contributed by atoms with Crippen molar-refractivity contribution in [3.8, 4) is 0 Å². The predicted molar refractivity (Wildman–Crippen MR) is 75.6 cm³/mol. The molecule has 0 aliphatic carbocycles. The lowest BCUT2D eigenvalue weighted by molar-refractivity contribution is 0.0129. The lowest BCUT2D eigenvalue weighted by Gasteiger charge is -2.24. The first-order chi connectivity index (χ1) is 9.16. The molecule has 0 bridgehead atoms. The maximum Gasteiger partial charge on any atom is 0.114 e. The van der Waals surface area contributed by atoms with Gasteiger partial charge in [0, 0.05) is 30.2 Å². The topological polar surface area (TPSA) is 63.5 Å². The first-order valence-electron chi connectivity index (χ1n) is 6.35. The highest BCUT2D eigenvalue weighted by molar-refractivity contribution is 5.96. The molecule has 2 heterocycles. The standard InChI is InChI=1S/C14H16N3O2/c1-10-8-15-14-12(6-7-17(18)19)11-4-2-3-5-13(11)16(14)9-10/h2-7,10,15,18H,8-9H2,1H3/q-1. The number of anilines is 1. The summed E-state index contributed by atoms with van der Waals surface area (Å²) in [5.74, 6) is 1.58. The smallest absolute Gasteiger partial charge is 0.114 e. The Bertz CT molecular complexity index is 631. The van der Waals surface area contributed by atoms with Gasteiger partial charge in [-0.3, -0.25) is 5.21 Å². The maximum absolute atomic E-state index is 10.7. The number of nitrogens with one attached hydrogen (secondary N) is 1. The van der Waals surface area contributed by atoms with Gasteiger partial charge < -0.3 is 20.3 Å². The molecule has 0 amide bonds. The van der Waals surface area contributed by atoms with E-state index >= 15 is 0 Å². The summed E-state index contributed by atoms with van der Waals surface area (Å²) in [6, 6.07) is 8.08. The fourth-order valence-corrected chi connectivity index (χ4v) is 2.66. The molecule has 0 radical (unpaired) electrons. The number of hydroxylamine groups is 2. The van der Waals surface area contributed by atoms with E-state index in [-0.39, 0.29) is 5.23 Å². The molecule has 1 unspecified atom stereocenters. The van der Waals surface area contributed by atoms with Crippen LogP contribution in [0.2, 0.25) is 0 Å². The zero-order valence-electron chi connectivity index (χ0n) is 10.7. The molecule has 0 spiro atoms. The molecule has 0 fully saturated rings. The number of nitrogens with zero attached hydrogens (tertiary/aromatic N) is 2. The molecule has 1 aliphatic heterocycles. The minimum atomic E-state index is -0.176. The van der Waals surface area contributed by atoms with Gasteiger partial charge in [0.05, 0.1) is 5.52 Å². The minimum Gasteiger partial charge on any atom is -0.734 e. The van der Waals surface area contributed by atoms with E-state index in [9.17, 15) is 5.21 Å². The molecule has 1 atom stereocenters. The van der Waals surface area contributed by atoms with Crippen LogP contribution in [0.25, 0.3) is 17.0 Å². The maximum atomic E-state index is 10.7. The summed E-state index contributed by atoms with van der Waals surface area (Å²) in [7, 11) is 0. The quantitative estimate of drug-likeness (QED) is 0.813. The summed E-state index contributed by atoms with van der Waals surface area (Å²) >= 11 is 0. The summed E-state index contributed by atoms with van der Waals surface area (Å²) in [5.41, 5.74) is 2.09. The van der Waals surface area contributed by atoms with Gasteiger partial charge in [0.1, 0.15) is 5.82 Å². The molecule has 3 rings (SSSR count). The summed E-state index contributed by atoms with van der Waals surface area (Å²) in [4.78, 5) is 0.